The molecule has 3 aromatic heterocycles. The number of hydrogen-bond donors (Lipinski definition) is 2. The Hall–Kier alpha value is -7.00. The number of aryl methyl sites for hydroxylation is 1. The van der Waals surface area contributed by atoms with Gasteiger partial charge in [0.25, 0.3) is 0 Å². The number of likely N-dealkylation sites (N-methyl/N-ethyl adjacent to an activating group) is 1. The molecule has 4 heteroatoms. The highest BCUT2D eigenvalue weighted by atomic mass is 15.2. The Labute approximate surface area is 330 Å². The second kappa shape index (κ2) is 12.0. The van der Waals surface area contributed by atoms with E-state index in [2.05, 4.69) is 204 Å². The van der Waals surface area contributed by atoms with Gasteiger partial charge in [-0.05, 0) is 97.4 Å². The van der Waals surface area contributed by atoms with E-state index in [1.807, 2.05) is 0 Å². The van der Waals surface area contributed by atoms with E-state index in [1.165, 1.54) is 98.9 Å². The van der Waals surface area contributed by atoms with Crippen molar-refractivity contribution in [1.29, 1.82) is 0 Å². The molecule has 57 heavy (non-hydrogen) atoms. The van der Waals surface area contributed by atoms with Crippen LogP contribution >= 0.6 is 0 Å². The molecule has 10 aromatic rings. The Kier molecular flexibility index (Phi) is 6.79. The van der Waals surface area contributed by atoms with Crippen LogP contribution in [0.2, 0.25) is 0 Å². The molecule has 2 aliphatic rings. The van der Waals surface area contributed by atoms with Crippen LogP contribution in [-0.4, -0.2) is 26.5 Å². The summed E-state index contributed by atoms with van der Waals surface area (Å²) in [4.78, 5) is 10.3. The summed E-state index contributed by atoms with van der Waals surface area (Å²) in [6.45, 7) is 2.33. The molecule has 1 aliphatic heterocycles. The molecule has 3 atom stereocenters. The van der Waals surface area contributed by atoms with Gasteiger partial charge < -0.3 is 19.4 Å². The predicted molar refractivity (Wildman–Crippen MR) is 239 cm³/mol. The van der Waals surface area contributed by atoms with Crippen molar-refractivity contribution in [3.8, 4) is 22.5 Å². The van der Waals surface area contributed by atoms with Gasteiger partial charge in [0.05, 0.1) is 11.7 Å². The third-order valence-electron chi connectivity index (χ3n) is 13.1. The summed E-state index contributed by atoms with van der Waals surface area (Å²) in [6.07, 6.45) is 4.45. The van der Waals surface area contributed by atoms with Crippen molar-refractivity contribution in [2.45, 2.75) is 18.9 Å². The molecule has 3 unspecified atom stereocenters. The van der Waals surface area contributed by atoms with Crippen molar-refractivity contribution in [3.05, 3.63) is 186 Å². The summed E-state index contributed by atoms with van der Waals surface area (Å²) in [6, 6.07) is 53.9. The van der Waals surface area contributed by atoms with Gasteiger partial charge in [-0.25, -0.2) is 0 Å². The molecule has 1 aliphatic carbocycles. The van der Waals surface area contributed by atoms with Crippen LogP contribution in [0.5, 0.6) is 0 Å². The van der Waals surface area contributed by atoms with Crippen molar-refractivity contribution in [2.24, 2.45) is 13.0 Å². The summed E-state index contributed by atoms with van der Waals surface area (Å²) < 4.78 is 2.43. The number of nitrogens with zero attached hydrogens (tertiary/aromatic N) is 2. The summed E-state index contributed by atoms with van der Waals surface area (Å²) in [5.41, 5.74) is 17.2. The van der Waals surface area contributed by atoms with Crippen molar-refractivity contribution >= 4 is 65.0 Å². The Morgan fingerprint density at radius 1 is 0.561 bits per heavy atom. The normalized spacial score (nSPS) is 18.1. The van der Waals surface area contributed by atoms with Gasteiger partial charge in [-0.3, -0.25) is 0 Å². The minimum Gasteiger partial charge on any atom is -0.366 e. The molecule has 4 heterocycles. The quantitative estimate of drug-likeness (QED) is 0.137. The smallest absolute Gasteiger partial charge is 0.0672 e. The van der Waals surface area contributed by atoms with Gasteiger partial charge in [0, 0.05) is 87.5 Å². The highest BCUT2D eigenvalue weighted by molar-refractivity contribution is 6.21. The fourth-order valence-corrected chi connectivity index (χ4v) is 10.6. The molecule has 0 amide bonds. The molecule has 0 radical (unpaired) electrons. The third kappa shape index (κ3) is 4.56. The van der Waals surface area contributed by atoms with E-state index >= 15 is 0 Å². The molecule has 7 aromatic carbocycles. The lowest BCUT2D eigenvalue weighted by molar-refractivity contribution is 0.329. The average molecular weight is 733 g/mol. The van der Waals surface area contributed by atoms with Gasteiger partial charge in [-0.1, -0.05) is 110 Å². The first-order valence-electron chi connectivity index (χ1n) is 20.0. The third-order valence-corrected chi connectivity index (χ3v) is 13.1. The fraction of sp³-hybridized carbons (Fsp3) is 0.113. The van der Waals surface area contributed by atoms with Crippen molar-refractivity contribution < 1.29 is 0 Å². The van der Waals surface area contributed by atoms with Crippen LogP contribution in [0.4, 0.5) is 0 Å². The van der Waals surface area contributed by atoms with Gasteiger partial charge in [0.2, 0.25) is 0 Å². The van der Waals surface area contributed by atoms with Gasteiger partial charge in [-0.15, -0.1) is 5.73 Å². The maximum Gasteiger partial charge on any atom is 0.0672 e. The lowest BCUT2D eigenvalue weighted by atomic mass is 9.77. The first kappa shape index (κ1) is 32.3. The number of nitrogens with one attached hydrogen (secondary N) is 2. The number of hydrogen-bond acceptors (Lipinski definition) is 1. The van der Waals surface area contributed by atoms with Crippen LogP contribution in [-0.2, 0) is 7.05 Å². The Bertz CT molecular complexity index is 3350. The summed E-state index contributed by atoms with van der Waals surface area (Å²) >= 11 is 0. The SMILES string of the molecule is CC1C=C=CC2=C1C(c1cc3ccccc3[nH]1)C(c1c3ccccc3c(-c3c(-c4cc5ccccc5[nH]4)c4ccccc4n3C)c3cc4ccccc4cc13)N2C. The van der Waals surface area contributed by atoms with Crippen LogP contribution in [0.25, 0.3) is 87.5 Å². The molecular weight excluding hydrogens is 693 g/mol. The van der Waals surface area contributed by atoms with Crippen molar-refractivity contribution in [2.75, 3.05) is 7.05 Å². The monoisotopic (exact) mass is 732 g/mol. The Morgan fingerprint density at radius 2 is 1.18 bits per heavy atom. The van der Waals surface area contributed by atoms with Crippen LogP contribution in [0, 0.1) is 5.92 Å². The first-order chi connectivity index (χ1) is 28.0. The zero-order valence-electron chi connectivity index (χ0n) is 32.1. The molecule has 4 nitrogen and oxygen atoms in total. The van der Waals surface area contributed by atoms with E-state index in [0.29, 0.717) is 0 Å². The zero-order chi connectivity index (χ0) is 37.9. The van der Waals surface area contributed by atoms with Crippen LogP contribution in [0.15, 0.2) is 175 Å². The zero-order valence-corrected chi connectivity index (χ0v) is 32.1. The minimum atomic E-state index is 0.0262. The van der Waals surface area contributed by atoms with E-state index < -0.39 is 0 Å². The number of aromatic nitrogens is 3. The average Bonchev–Trinajstić information content (AvgIpc) is 4.01. The topological polar surface area (TPSA) is 39.8 Å². The van der Waals surface area contributed by atoms with E-state index in [-0.39, 0.29) is 17.9 Å². The fourth-order valence-electron chi connectivity index (χ4n) is 10.6. The molecule has 12 rings (SSSR count). The maximum atomic E-state index is 3.92. The van der Waals surface area contributed by atoms with Crippen LogP contribution in [0.1, 0.15) is 30.1 Å². The number of aromatic amines is 2. The summed E-state index contributed by atoms with van der Waals surface area (Å²) in [7, 11) is 4.54. The number of H-pyrrole nitrogens is 2. The van der Waals surface area contributed by atoms with E-state index in [4.69, 9.17) is 0 Å². The van der Waals surface area contributed by atoms with Crippen LogP contribution in [0.3, 0.4) is 0 Å². The highest BCUT2D eigenvalue weighted by Crippen LogP contribution is 2.57. The van der Waals surface area contributed by atoms with Gasteiger partial charge in [0.1, 0.15) is 0 Å². The van der Waals surface area contributed by atoms with Crippen LogP contribution < -0.4 is 0 Å². The molecule has 2 N–H and O–H groups in total. The lowest BCUT2D eigenvalue weighted by Crippen LogP contribution is -2.23. The molecule has 0 saturated carbocycles. The largest absolute Gasteiger partial charge is 0.366 e. The maximum absolute atomic E-state index is 3.92. The standard InChI is InChI=1S/C53H40N4/c1-31-15-14-26-46-47(31)51(44-30-35-19-7-12-24-42(35)55-44)53(57(46)3)49-37-21-9-8-20-36(37)48(39-27-32-16-4-5-17-33(32)28-40(39)49)52-50(38-22-10-13-25-45(38)56(52)2)43-29-34-18-6-11-23-41(34)54-43/h4-13,15-31,51,53-55H,1-3H3. The Morgan fingerprint density at radius 3 is 1.91 bits per heavy atom. The summed E-state index contributed by atoms with van der Waals surface area (Å²) in [5.74, 6) is 0.353. The summed E-state index contributed by atoms with van der Waals surface area (Å²) in [5, 5.41) is 11.3. The number of allylic oxidation sites excluding steroid dienone is 1. The van der Waals surface area contributed by atoms with E-state index in [1.54, 1.807) is 0 Å². The minimum absolute atomic E-state index is 0.0262. The molecule has 272 valence electrons. The number of rotatable bonds is 4. The second-order valence-electron chi connectivity index (χ2n) is 16.1. The van der Waals surface area contributed by atoms with Gasteiger partial charge in [0.15, 0.2) is 0 Å². The predicted octanol–water partition coefficient (Wildman–Crippen LogP) is 13.3. The van der Waals surface area contributed by atoms with Gasteiger partial charge in [-0.2, -0.15) is 0 Å². The van der Waals surface area contributed by atoms with Crippen molar-refractivity contribution in [1.82, 2.24) is 19.4 Å². The first-order valence-corrected chi connectivity index (χ1v) is 20.0. The molecular formula is C53H40N4. The molecule has 0 fully saturated rings. The molecule has 0 saturated heterocycles. The van der Waals surface area contributed by atoms with Gasteiger partial charge >= 0.3 is 0 Å². The number of fused-ring (bicyclic) bond motifs is 6. The number of para-hydroxylation sites is 3. The Balaban J connectivity index is 1.23. The molecule has 0 spiro atoms. The second-order valence-corrected chi connectivity index (χ2v) is 16.1. The van der Waals surface area contributed by atoms with Crippen molar-refractivity contribution in [3.63, 3.8) is 0 Å². The molecule has 0 bridgehead atoms. The number of benzene rings is 7. The van der Waals surface area contributed by atoms with E-state index in [0.717, 1.165) is 11.2 Å². The lowest BCUT2D eigenvalue weighted by Gasteiger charge is -2.32. The highest BCUT2D eigenvalue weighted by Gasteiger charge is 2.44. The van der Waals surface area contributed by atoms with E-state index in [9.17, 15) is 0 Å².